The molecule has 1 atom stereocenters. The van der Waals surface area contributed by atoms with Crippen molar-refractivity contribution >= 4 is 5.69 Å². The fraction of sp³-hybridized carbons (Fsp3) is 0.294. The van der Waals surface area contributed by atoms with Crippen LogP contribution in [0.4, 0.5) is 5.69 Å². The summed E-state index contributed by atoms with van der Waals surface area (Å²) >= 11 is 0. The zero-order valence-corrected chi connectivity index (χ0v) is 12.3. The van der Waals surface area contributed by atoms with Crippen molar-refractivity contribution in [3.8, 4) is 0 Å². The van der Waals surface area contributed by atoms with Gasteiger partial charge in [0.15, 0.2) is 0 Å². The Bertz CT molecular complexity index is 597. The second-order valence-electron chi connectivity index (χ2n) is 5.40. The number of benzene rings is 2. The molecule has 4 heteroatoms. The van der Waals surface area contributed by atoms with Gasteiger partial charge in [-0.2, -0.15) is 0 Å². The zero-order valence-electron chi connectivity index (χ0n) is 12.3. The number of nitrogens with zero attached hydrogens (tertiary/aromatic N) is 1. The molecule has 0 saturated carbocycles. The molecule has 0 fully saturated rings. The van der Waals surface area contributed by atoms with Gasteiger partial charge in [-0.25, -0.2) is 0 Å². The van der Waals surface area contributed by atoms with Crippen LogP contribution in [0.2, 0.25) is 0 Å². The molecule has 2 rings (SSSR count). The van der Waals surface area contributed by atoms with Gasteiger partial charge in [0.25, 0.3) is 5.69 Å². The molecular formula is C17H20N2O2. The third-order valence-corrected chi connectivity index (χ3v) is 3.53. The summed E-state index contributed by atoms with van der Waals surface area (Å²) in [6.45, 7) is 4.77. The lowest BCUT2D eigenvalue weighted by Gasteiger charge is -2.23. The number of hydrogen-bond acceptors (Lipinski definition) is 3. The van der Waals surface area contributed by atoms with E-state index in [-0.39, 0.29) is 16.7 Å². The molecule has 1 unspecified atom stereocenters. The minimum Gasteiger partial charge on any atom is -0.305 e. The maximum Gasteiger partial charge on any atom is 0.273 e. The fourth-order valence-electron chi connectivity index (χ4n) is 2.46. The summed E-state index contributed by atoms with van der Waals surface area (Å²) in [5, 5.41) is 14.5. The number of nitro groups is 1. The molecule has 0 aliphatic carbocycles. The van der Waals surface area contributed by atoms with Crippen LogP contribution >= 0.6 is 0 Å². The monoisotopic (exact) mass is 284 g/mol. The summed E-state index contributed by atoms with van der Waals surface area (Å²) in [5.74, 6) is 0.398. The van der Waals surface area contributed by atoms with E-state index >= 15 is 0 Å². The van der Waals surface area contributed by atoms with Crippen molar-refractivity contribution in [2.24, 2.45) is 5.92 Å². The summed E-state index contributed by atoms with van der Waals surface area (Å²) < 4.78 is 0. The van der Waals surface area contributed by atoms with Crippen molar-refractivity contribution in [2.75, 3.05) is 0 Å². The number of nitrogens with one attached hydrogen (secondary N) is 1. The first kappa shape index (κ1) is 15.2. The van der Waals surface area contributed by atoms with E-state index in [2.05, 4.69) is 31.3 Å². The van der Waals surface area contributed by atoms with Crippen LogP contribution in [0.3, 0.4) is 0 Å². The van der Waals surface area contributed by atoms with Crippen LogP contribution in [-0.2, 0) is 6.54 Å². The highest BCUT2D eigenvalue weighted by Gasteiger charge is 2.17. The van der Waals surface area contributed by atoms with E-state index in [9.17, 15) is 10.1 Å². The first-order valence-corrected chi connectivity index (χ1v) is 7.10. The highest BCUT2D eigenvalue weighted by atomic mass is 16.6. The maximum atomic E-state index is 11.0. The van der Waals surface area contributed by atoms with Crippen LogP contribution in [0.1, 0.15) is 31.0 Å². The largest absolute Gasteiger partial charge is 0.305 e. The molecule has 0 radical (unpaired) electrons. The quantitative estimate of drug-likeness (QED) is 0.642. The first-order valence-electron chi connectivity index (χ1n) is 7.10. The second kappa shape index (κ2) is 6.99. The predicted molar refractivity (Wildman–Crippen MR) is 84.0 cm³/mol. The molecule has 0 aromatic heterocycles. The summed E-state index contributed by atoms with van der Waals surface area (Å²) in [4.78, 5) is 10.7. The van der Waals surface area contributed by atoms with Crippen LogP contribution in [0, 0.1) is 16.0 Å². The van der Waals surface area contributed by atoms with Gasteiger partial charge in [0.2, 0.25) is 0 Å². The Labute approximate surface area is 125 Å². The van der Waals surface area contributed by atoms with E-state index in [1.165, 1.54) is 5.56 Å². The van der Waals surface area contributed by atoms with Gasteiger partial charge in [-0.05, 0) is 11.5 Å². The zero-order chi connectivity index (χ0) is 15.2. The van der Waals surface area contributed by atoms with Gasteiger partial charge in [0.1, 0.15) is 0 Å². The van der Waals surface area contributed by atoms with Crippen LogP contribution in [-0.4, -0.2) is 4.92 Å². The minimum atomic E-state index is -0.329. The van der Waals surface area contributed by atoms with Crippen molar-refractivity contribution in [2.45, 2.75) is 26.4 Å². The van der Waals surface area contributed by atoms with E-state index < -0.39 is 0 Å². The molecule has 110 valence electrons. The summed E-state index contributed by atoms with van der Waals surface area (Å²) in [6.07, 6.45) is 0. The van der Waals surface area contributed by atoms with Gasteiger partial charge >= 0.3 is 0 Å². The van der Waals surface area contributed by atoms with Crippen molar-refractivity contribution in [3.63, 3.8) is 0 Å². The Morgan fingerprint density at radius 1 is 1.05 bits per heavy atom. The number of nitro benzene ring substituents is 1. The molecule has 0 aliphatic heterocycles. The smallest absolute Gasteiger partial charge is 0.273 e. The summed E-state index contributed by atoms with van der Waals surface area (Å²) in [6, 6.07) is 17.2. The third kappa shape index (κ3) is 3.89. The number of para-hydroxylation sites is 1. The van der Waals surface area contributed by atoms with Crippen molar-refractivity contribution in [3.05, 3.63) is 75.8 Å². The summed E-state index contributed by atoms with van der Waals surface area (Å²) in [7, 11) is 0. The van der Waals surface area contributed by atoms with Gasteiger partial charge in [-0.1, -0.05) is 62.4 Å². The molecule has 0 saturated heterocycles. The third-order valence-electron chi connectivity index (χ3n) is 3.53. The first-order chi connectivity index (χ1) is 10.1. The Morgan fingerprint density at radius 3 is 2.29 bits per heavy atom. The van der Waals surface area contributed by atoms with Gasteiger partial charge in [0, 0.05) is 24.2 Å². The van der Waals surface area contributed by atoms with Crippen LogP contribution in [0.25, 0.3) is 0 Å². The molecule has 2 aromatic carbocycles. The molecule has 2 aromatic rings. The standard InChI is InChI=1S/C17H20N2O2/c1-13(2)17(14-8-4-3-5-9-14)18-12-15-10-6-7-11-16(15)19(20)21/h3-11,13,17-18H,12H2,1-2H3. The van der Waals surface area contributed by atoms with Crippen LogP contribution in [0.5, 0.6) is 0 Å². The Kier molecular flexibility index (Phi) is 5.06. The average molecular weight is 284 g/mol. The van der Waals surface area contributed by atoms with E-state index in [0.29, 0.717) is 18.0 Å². The Balaban J connectivity index is 2.15. The van der Waals surface area contributed by atoms with E-state index in [0.717, 1.165) is 0 Å². The minimum absolute atomic E-state index is 0.167. The molecule has 0 spiro atoms. The lowest BCUT2D eigenvalue weighted by atomic mass is 9.96. The van der Waals surface area contributed by atoms with E-state index in [1.54, 1.807) is 18.2 Å². The average Bonchev–Trinajstić information content (AvgIpc) is 2.48. The normalized spacial score (nSPS) is 12.3. The number of rotatable bonds is 6. The van der Waals surface area contributed by atoms with Crippen LogP contribution in [0.15, 0.2) is 54.6 Å². The predicted octanol–water partition coefficient (Wildman–Crippen LogP) is 4.08. The van der Waals surface area contributed by atoms with Crippen molar-refractivity contribution in [1.29, 1.82) is 0 Å². The highest BCUT2D eigenvalue weighted by molar-refractivity contribution is 5.39. The van der Waals surface area contributed by atoms with Crippen LogP contribution < -0.4 is 5.32 Å². The lowest BCUT2D eigenvalue weighted by Crippen LogP contribution is -2.25. The maximum absolute atomic E-state index is 11.0. The topological polar surface area (TPSA) is 55.2 Å². The van der Waals surface area contributed by atoms with E-state index in [4.69, 9.17) is 0 Å². The van der Waals surface area contributed by atoms with Crippen molar-refractivity contribution in [1.82, 2.24) is 5.32 Å². The lowest BCUT2D eigenvalue weighted by molar-refractivity contribution is -0.385. The summed E-state index contributed by atoms with van der Waals surface area (Å²) in [5.41, 5.74) is 2.08. The molecule has 0 bridgehead atoms. The molecule has 4 nitrogen and oxygen atoms in total. The molecule has 0 heterocycles. The second-order valence-corrected chi connectivity index (χ2v) is 5.40. The fourth-order valence-corrected chi connectivity index (χ4v) is 2.46. The van der Waals surface area contributed by atoms with Gasteiger partial charge in [-0.3, -0.25) is 10.1 Å². The van der Waals surface area contributed by atoms with Gasteiger partial charge in [-0.15, -0.1) is 0 Å². The van der Waals surface area contributed by atoms with E-state index in [1.807, 2.05) is 24.3 Å². The Morgan fingerprint density at radius 2 is 1.67 bits per heavy atom. The molecule has 21 heavy (non-hydrogen) atoms. The van der Waals surface area contributed by atoms with Gasteiger partial charge in [0.05, 0.1) is 4.92 Å². The SMILES string of the molecule is CC(C)C(NCc1ccccc1[N+](=O)[O-])c1ccccc1. The van der Waals surface area contributed by atoms with Crippen molar-refractivity contribution < 1.29 is 4.92 Å². The van der Waals surface area contributed by atoms with Gasteiger partial charge < -0.3 is 5.32 Å². The Hall–Kier alpha value is -2.20. The molecule has 1 N–H and O–H groups in total. The molecular weight excluding hydrogens is 264 g/mol. The highest BCUT2D eigenvalue weighted by Crippen LogP contribution is 2.24. The molecule has 0 aliphatic rings. The number of hydrogen-bond donors (Lipinski definition) is 1. The molecule has 0 amide bonds.